The molecule has 0 saturated heterocycles. The van der Waals surface area contributed by atoms with Gasteiger partial charge in [-0.05, 0) is 6.42 Å². The van der Waals surface area contributed by atoms with E-state index in [9.17, 15) is 8.42 Å². The van der Waals surface area contributed by atoms with E-state index >= 15 is 0 Å². The second kappa shape index (κ2) is 5.73. The van der Waals surface area contributed by atoms with Crippen molar-refractivity contribution in [2.24, 2.45) is 0 Å². The Balaban J connectivity index is 1.99. The van der Waals surface area contributed by atoms with E-state index in [0.29, 0.717) is 12.1 Å². The molecule has 6 nitrogen and oxygen atoms in total. The number of unbranched alkanes of at least 4 members (excludes halogenated alkanes) is 2. The summed E-state index contributed by atoms with van der Waals surface area (Å²) in [5.74, 6) is 0.169. The smallest absolute Gasteiger partial charge is 0.183 e. The second-order valence-electron chi connectivity index (χ2n) is 5.44. The van der Waals surface area contributed by atoms with Gasteiger partial charge in [-0.1, -0.05) is 19.8 Å². The van der Waals surface area contributed by atoms with Crippen LogP contribution in [0, 0.1) is 0 Å². The summed E-state index contributed by atoms with van der Waals surface area (Å²) < 4.78 is 26.5. The molecule has 0 aromatic carbocycles. The minimum atomic E-state index is -3.30. The Hall–Kier alpha value is -1.47. The van der Waals surface area contributed by atoms with Crippen LogP contribution in [0.2, 0.25) is 0 Å². The van der Waals surface area contributed by atoms with Crippen LogP contribution in [0.15, 0.2) is 17.3 Å². The molecule has 2 aromatic rings. The van der Waals surface area contributed by atoms with E-state index in [4.69, 9.17) is 0 Å². The minimum Gasteiger partial charge on any atom is -0.312 e. The molecule has 0 radical (unpaired) electrons. The highest BCUT2D eigenvalue weighted by molar-refractivity contribution is 7.91. The fraction of sp³-hybridized carbons (Fsp3) is 0.571. The highest BCUT2D eigenvalue weighted by atomic mass is 32.2. The van der Waals surface area contributed by atoms with Gasteiger partial charge in [0.2, 0.25) is 0 Å². The van der Waals surface area contributed by atoms with Crippen LogP contribution < -0.4 is 5.32 Å². The monoisotopic (exact) mass is 308 g/mol. The number of sulfone groups is 1. The maximum atomic E-state index is 12.4. The van der Waals surface area contributed by atoms with Gasteiger partial charge in [0.1, 0.15) is 4.90 Å². The highest BCUT2D eigenvalue weighted by Gasteiger charge is 2.22. The molecule has 0 amide bonds. The molecule has 2 aromatic heterocycles. The Labute approximate surface area is 124 Å². The van der Waals surface area contributed by atoms with Gasteiger partial charge < -0.3 is 5.32 Å². The first-order chi connectivity index (χ1) is 10.1. The van der Waals surface area contributed by atoms with Crippen LogP contribution in [0.1, 0.15) is 37.4 Å². The molecule has 114 valence electrons. The third kappa shape index (κ3) is 2.80. The first kappa shape index (κ1) is 14.5. The second-order valence-corrected chi connectivity index (χ2v) is 7.52. The molecule has 1 aliphatic heterocycles. The van der Waals surface area contributed by atoms with Crippen molar-refractivity contribution in [1.29, 1.82) is 0 Å². The van der Waals surface area contributed by atoms with E-state index < -0.39 is 9.84 Å². The number of aromatic nitrogens is 3. The summed E-state index contributed by atoms with van der Waals surface area (Å²) >= 11 is 0. The first-order valence-electron chi connectivity index (χ1n) is 7.41. The van der Waals surface area contributed by atoms with Crippen molar-refractivity contribution in [3.05, 3.63) is 23.7 Å². The number of rotatable bonds is 5. The Morgan fingerprint density at radius 3 is 3.05 bits per heavy atom. The molecular formula is C14H20N4O2S. The third-order valence-electron chi connectivity index (χ3n) is 3.83. The quantitative estimate of drug-likeness (QED) is 0.844. The number of hydrogen-bond donors (Lipinski definition) is 1. The predicted molar refractivity (Wildman–Crippen MR) is 80.0 cm³/mol. The lowest BCUT2D eigenvalue weighted by molar-refractivity contribution is 0.591. The molecule has 21 heavy (non-hydrogen) atoms. The van der Waals surface area contributed by atoms with E-state index in [2.05, 4.69) is 22.3 Å². The summed E-state index contributed by atoms with van der Waals surface area (Å²) in [6, 6.07) is 0. The van der Waals surface area contributed by atoms with E-state index in [1.54, 1.807) is 4.52 Å². The summed E-state index contributed by atoms with van der Waals surface area (Å²) in [6.07, 6.45) is 6.75. The lowest BCUT2D eigenvalue weighted by atomic mass is 10.1. The molecule has 1 aliphatic rings. The number of nitrogens with zero attached hydrogens (tertiary/aromatic N) is 3. The zero-order valence-corrected chi connectivity index (χ0v) is 13.0. The van der Waals surface area contributed by atoms with Gasteiger partial charge in [-0.3, -0.25) is 0 Å². The number of fused-ring (bicyclic) bond motifs is 2. The fourth-order valence-electron chi connectivity index (χ4n) is 2.63. The van der Waals surface area contributed by atoms with E-state index in [0.717, 1.165) is 43.6 Å². The van der Waals surface area contributed by atoms with Crippen molar-refractivity contribution in [1.82, 2.24) is 19.9 Å². The number of nitrogens with one attached hydrogen (secondary N) is 1. The molecule has 1 N–H and O–H groups in total. The molecule has 0 bridgehead atoms. The Morgan fingerprint density at radius 2 is 2.24 bits per heavy atom. The molecule has 0 unspecified atom stereocenters. The van der Waals surface area contributed by atoms with Gasteiger partial charge in [-0.2, -0.15) is 5.10 Å². The SMILES string of the molecule is CCCCCS(=O)(=O)c1cnn2cc3c(nc12)CCNC3. The van der Waals surface area contributed by atoms with Crippen LogP contribution in [0.3, 0.4) is 0 Å². The summed E-state index contributed by atoms with van der Waals surface area (Å²) in [7, 11) is -3.30. The van der Waals surface area contributed by atoms with Crippen molar-refractivity contribution in [2.75, 3.05) is 12.3 Å². The van der Waals surface area contributed by atoms with Gasteiger partial charge in [-0.15, -0.1) is 0 Å². The molecule has 3 rings (SSSR count). The van der Waals surface area contributed by atoms with Gasteiger partial charge in [-0.25, -0.2) is 17.9 Å². The van der Waals surface area contributed by atoms with Crippen LogP contribution in [0.4, 0.5) is 0 Å². The average Bonchev–Trinajstić information content (AvgIpc) is 2.88. The van der Waals surface area contributed by atoms with Crippen molar-refractivity contribution in [3.63, 3.8) is 0 Å². The van der Waals surface area contributed by atoms with Crippen LogP contribution in [-0.4, -0.2) is 35.3 Å². The third-order valence-corrected chi connectivity index (χ3v) is 5.62. The summed E-state index contributed by atoms with van der Waals surface area (Å²) in [5, 5.41) is 7.45. The van der Waals surface area contributed by atoms with E-state index in [1.165, 1.54) is 6.20 Å². The van der Waals surface area contributed by atoms with Gasteiger partial charge in [0.05, 0.1) is 17.6 Å². The zero-order valence-electron chi connectivity index (χ0n) is 12.2. The van der Waals surface area contributed by atoms with Gasteiger partial charge in [0.15, 0.2) is 15.5 Å². The maximum Gasteiger partial charge on any atom is 0.183 e. The number of hydrogen-bond acceptors (Lipinski definition) is 5. The largest absolute Gasteiger partial charge is 0.312 e. The lowest BCUT2D eigenvalue weighted by Crippen LogP contribution is -2.25. The van der Waals surface area contributed by atoms with Crippen LogP contribution in [0.25, 0.3) is 5.65 Å². The Kier molecular flexibility index (Phi) is 3.95. The topological polar surface area (TPSA) is 76.4 Å². The predicted octanol–water partition coefficient (Wildman–Crippen LogP) is 1.34. The van der Waals surface area contributed by atoms with Crippen molar-refractivity contribution in [3.8, 4) is 0 Å². The Morgan fingerprint density at radius 1 is 1.38 bits per heavy atom. The van der Waals surface area contributed by atoms with Crippen LogP contribution in [-0.2, 0) is 22.8 Å². The summed E-state index contributed by atoms with van der Waals surface area (Å²) in [6.45, 7) is 3.70. The van der Waals surface area contributed by atoms with Crippen molar-refractivity contribution < 1.29 is 8.42 Å². The highest BCUT2D eigenvalue weighted by Crippen LogP contribution is 2.21. The van der Waals surface area contributed by atoms with E-state index in [-0.39, 0.29) is 10.6 Å². The van der Waals surface area contributed by atoms with Gasteiger partial charge >= 0.3 is 0 Å². The molecule has 7 heteroatoms. The van der Waals surface area contributed by atoms with Crippen LogP contribution in [0.5, 0.6) is 0 Å². The molecule has 0 atom stereocenters. The molecule has 0 spiro atoms. The standard InChI is InChI=1S/C14H20N4O2S/c1-2-3-4-7-21(19,20)13-9-16-18-10-11-8-15-6-5-12(11)17-14(13)18/h9-10,15H,2-8H2,1H3. The fourth-order valence-corrected chi connectivity index (χ4v) is 4.06. The van der Waals surface area contributed by atoms with Gasteiger partial charge in [0.25, 0.3) is 0 Å². The molecular weight excluding hydrogens is 288 g/mol. The molecule has 0 fully saturated rings. The first-order valence-corrected chi connectivity index (χ1v) is 9.06. The van der Waals surface area contributed by atoms with Crippen molar-refractivity contribution >= 4 is 15.5 Å². The normalized spacial score (nSPS) is 15.3. The molecule has 0 aliphatic carbocycles. The maximum absolute atomic E-state index is 12.4. The minimum absolute atomic E-state index is 0.169. The molecule has 3 heterocycles. The van der Waals surface area contributed by atoms with Crippen molar-refractivity contribution in [2.45, 2.75) is 44.0 Å². The molecule has 0 saturated carbocycles. The zero-order chi connectivity index (χ0) is 14.9. The van der Waals surface area contributed by atoms with Crippen LogP contribution >= 0.6 is 0 Å². The average molecular weight is 308 g/mol. The van der Waals surface area contributed by atoms with E-state index in [1.807, 2.05) is 6.20 Å². The van der Waals surface area contributed by atoms with Gasteiger partial charge in [0, 0.05) is 31.3 Å². The summed E-state index contributed by atoms with van der Waals surface area (Å²) in [5.41, 5.74) is 2.53. The lowest BCUT2D eigenvalue weighted by Gasteiger charge is -2.15. The summed E-state index contributed by atoms with van der Waals surface area (Å²) in [4.78, 5) is 4.82. The Bertz CT molecular complexity index is 752.